The molecule has 25 heavy (non-hydrogen) atoms. The van der Waals surface area contributed by atoms with E-state index < -0.39 is 0 Å². The van der Waals surface area contributed by atoms with Gasteiger partial charge in [0.05, 0.1) is 13.1 Å². The molecule has 0 radical (unpaired) electrons. The number of piperidine rings is 1. The third kappa shape index (κ3) is 3.46. The van der Waals surface area contributed by atoms with Crippen molar-refractivity contribution in [3.8, 4) is 11.5 Å². The van der Waals surface area contributed by atoms with E-state index in [2.05, 4.69) is 5.32 Å². The summed E-state index contributed by atoms with van der Waals surface area (Å²) in [5, 5.41) is 3.07. The van der Waals surface area contributed by atoms with Crippen molar-refractivity contribution in [2.24, 2.45) is 0 Å². The molecule has 4 rings (SSSR count). The fraction of sp³-hybridized carbons (Fsp3) is 0.350. The molecule has 1 fully saturated rings. The van der Waals surface area contributed by atoms with Gasteiger partial charge in [0.25, 0.3) is 5.91 Å². The number of quaternary nitrogens is 1. The van der Waals surface area contributed by atoms with Gasteiger partial charge in [-0.3, -0.25) is 4.79 Å². The number of likely N-dealkylation sites (tertiary alicyclic amines) is 1. The minimum Gasteiger partial charge on any atom is -0.454 e. The number of anilines is 1. The van der Waals surface area contributed by atoms with E-state index in [0.717, 1.165) is 30.1 Å². The Morgan fingerprint density at radius 2 is 1.72 bits per heavy atom. The number of benzene rings is 2. The molecule has 130 valence electrons. The first-order valence-corrected chi connectivity index (χ1v) is 8.91. The van der Waals surface area contributed by atoms with Crippen LogP contribution in [0, 0.1) is 0 Å². The van der Waals surface area contributed by atoms with Crippen molar-refractivity contribution >= 4 is 11.6 Å². The van der Waals surface area contributed by atoms with Gasteiger partial charge >= 0.3 is 0 Å². The van der Waals surface area contributed by atoms with Crippen LogP contribution in [0.1, 0.15) is 30.9 Å². The molecule has 2 heterocycles. The second-order valence-electron chi connectivity index (χ2n) is 6.62. The normalized spacial score (nSPS) is 17.9. The van der Waals surface area contributed by atoms with Crippen LogP contribution in [-0.4, -0.2) is 25.8 Å². The highest BCUT2D eigenvalue weighted by molar-refractivity contribution is 5.94. The van der Waals surface area contributed by atoms with Gasteiger partial charge in [0.2, 0.25) is 6.79 Å². The number of nitrogens with one attached hydrogen (secondary N) is 2. The minimum atomic E-state index is -0.188. The fourth-order valence-electron chi connectivity index (χ4n) is 3.70. The Balaban J connectivity index is 1.57. The number of hydrogen-bond donors (Lipinski definition) is 2. The standard InChI is InChI=1S/C20H22N2O3/c23-20(21-16-9-10-17-18(13-16)25-14-24-17)19(15-7-3-1-4-8-15)22-11-5-2-6-12-22/h1,3-4,7-10,13,19H,2,5-6,11-12,14H2,(H,21,23)/p+1. The molecule has 1 amide bonds. The highest BCUT2D eigenvalue weighted by Crippen LogP contribution is 2.34. The van der Waals surface area contributed by atoms with Gasteiger partial charge in [0.15, 0.2) is 17.5 Å². The minimum absolute atomic E-state index is 0.0296. The van der Waals surface area contributed by atoms with Crippen LogP contribution in [-0.2, 0) is 4.79 Å². The number of ether oxygens (including phenoxy) is 2. The zero-order valence-corrected chi connectivity index (χ0v) is 14.2. The number of fused-ring (bicyclic) bond motifs is 1. The van der Waals surface area contributed by atoms with Crippen LogP contribution < -0.4 is 19.7 Å². The van der Waals surface area contributed by atoms with E-state index in [1.807, 2.05) is 48.5 Å². The second-order valence-corrected chi connectivity index (χ2v) is 6.62. The lowest BCUT2D eigenvalue weighted by Crippen LogP contribution is -3.14. The first-order chi connectivity index (χ1) is 12.3. The zero-order valence-electron chi connectivity index (χ0n) is 14.2. The van der Waals surface area contributed by atoms with Crippen molar-refractivity contribution in [2.45, 2.75) is 25.3 Å². The Labute approximate surface area is 147 Å². The van der Waals surface area contributed by atoms with E-state index >= 15 is 0 Å². The molecule has 2 N–H and O–H groups in total. The van der Waals surface area contributed by atoms with Crippen molar-refractivity contribution in [3.63, 3.8) is 0 Å². The topological polar surface area (TPSA) is 52.0 Å². The van der Waals surface area contributed by atoms with Crippen LogP contribution in [0.5, 0.6) is 11.5 Å². The number of hydrogen-bond acceptors (Lipinski definition) is 3. The predicted molar refractivity (Wildman–Crippen MR) is 94.9 cm³/mol. The van der Waals surface area contributed by atoms with Crippen LogP contribution in [0.25, 0.3) is 0 Å². The summed E-state index contributed by atoms with van der Waals surface area (Å²) in [6.07, 6.45) is 3.61. The molecule has 0 bridgehead atoms. The number of carbonyl (C=O) groups excluding carboxylic acids is 1. The maximum atomic E-state index is 13.1. The summed E-state index contributed by atoms with van der Waals surface area (Å²) in [6.45, 7) is 2.31. The molecule has 1 atom stereocenters. The summed E-state index contributed by atoms with van der Waals surface area (Å²) in [6, 6.07) is 15.4. The maximum absolute atomic E-state index is 13.1. The van der Waals surface area contributed by atoms with Crippen LogP contribution in [0.3, 0.4) is 0 Å². The molecule has 0 spiro atoms. The Morgan fingerprint density at radius 1 is 0.960 bits per heavy atom. The van der Waals surface area contributed by atoms with Crippen molar-refractivity contribution in [1.29, 1.82) is 0 Å². The quantitative estimate of drug-likeness (QED) is 0.898. The van der Waals surface area contributed by atoms with Crippen molar-refractivity contribution in [1.82, 2.24) is 0 Å². The molecule has 1 saturated heterocycles. The van der Waals surface area contributed by atoms with Crippen LogP contribution in [0.4, 0.5) is 5.69 Å². The molecule has 2 aliphatic rings. The summed E-state index contributed by atoms with van der Waals surface area (Å²) in [5.74, 6) is 1.43. The smallest absolute Gasteiger partial charge is 0.287 e. The van der Waals surface area contributed by atoms with E-state index in [1.54, 1.807) is 0 Å². The third-order valence-electron chi connectivity index (χ3n) is 4.94. The molecule has 2 aliphatic heterocycles. The van der Waals surface area contributed by atoms with Gasteiger partial charge in [-0.2, -0.15) is 0 Å². The molecule has 0 saturated carbocycles. The van der Waals surface area contributed by atoms with Crippen molar-refractivity contribution in [3.05, 3.63) is 54.1 Å². The van der Waals surface area contributed by atoms with E-state index in [4.69, 9.17) is 9.47 Å². The van der Waals surface area contributed by atoms with Gasteiger partial charge in [0.1, 0.15) is 0 Å². The van der Waals surface area contributed by atoms with Gasteiger partial charge in [0, 0.05) is 17.3 Å². The predicted octanol–water partition coefficient (Wildman–Crippen LogP) is 2.16. The summed E-state index contributed by atoms with van der Waals surface area (Å²) in [7, 11) is 0. The van der Waals surface area contributed by atoms with Gasteiger partial charge < -0.3 is 19.7 Å². The summed E-state index contributed by atoms with van der Waals surface area (Å²) < 4.78 is 10.7. The van der Waals surface area contributed by atoms with E-state index in [9.17, 15) is 4.79 Å². The number of amides is 1. The first-order valence-electron chi connectivity index (χ1n) is 8.91. The number of carbonyl (C=O) groups is 1. The lowest BCUT2D eigenvalue weighted by atomic mass is 10.0. The highest BCUT2D eigenvalue weighted by Gasteiger charge is 2.32. The highest BCUT2D eigenvalue weighted by atomic mass is 16.7. The van der Waals surface area contributed by atoms with Gasteiger partial charge in [-0.05, 0) is 31.4 Å². The SMILES string of the molecule is O=C(Nc1ccc2c(c1)OCO2)C(c1ccccc1)[NH+]1CCCCC1. The van der Waals surface area contributed by atoms with Gasteiger partial charge in [-0.1, -0.05) is 30.3 Å². The van der Waals surface area contributed by atoms with Crippen molar-refractivity contribution < 1.29 is 19.2 Å². The van der Waals surface area contributed by atoms with Crippen LogP contribution >= 0.6 is 0 Å². The molecular weight excluding hydrogens is 316 g/mol. The third-order valence-corrected chi connectivity index (χ3v) is 4.94. The van der Waals surface area contributed by atoms with Crippen LogP contribution in [0.15, 0.2) is 48.5 Å². The monoisotopic (exact) mass is 339 g/mol. The Morgan fingerprint density at radius 3 is 2.52 bits per heavy atom. The molecule has 2 aromatic carbocycles. The summed E-state index contributed by atoms with van der Waals surface area (Å²) in [5.41, 5.74) is 1.81. The average Bonchev–Trinajstić information content (AvgIpc) is 3.11. The van der Waals surface area contributed by atoms with E-state index in [0.29, 0.717) is 5.75 Å². The second kappa shape index (κ2) is 7.15. The average molecular weight is 339 g/mol. The summed E-state index contributed by atoms with van der Waals surface area (Å²) in [4.78, 5) is 14.5. The molecule has 2 aromatic rings. The molecular formula is C20H23N2O3+. The zero-order chi connectivity index (χ0) is 17.1. The molecule has 5 heteroatoms. The lowest BCUT2D eigenvalue weighted by Gasteiger charge is -2.31. The largest absolute Gasteiger partial charge is 0.454 e. The Kier molecular flexibility index (Phi) is 4.57. The lowest BCUT2D eigenvalue weighted by molar-refractivity contribution is -0.926. The molecule has 0 aliphatic carbocycles. The molecule has 5 nitrogen and oxygen atoms in total. The Hall–Kier alpha value is -2.53. The fourth-order valence-corrected chi connectivity index (χ4v) is 3.70. The summed E-state index contributed by atoms with van der Waals surface area (Å²) >= 11 is 0. The van der Waals surface area contributed by atoms with Gasteiger partial charge in [-0.15, -0.1) is 0 Å². The Bertz CT molecular complexity index is 742. The van der Waals surface area contributed by atoms with Gasteiger partial charge in [-0.25, -0.2) is 0 Å². The van der Waals surface area contributed by atoms with E-state index in [-0.39, 0.29) is 18.7 Å². The van der Waals surface area contributed by atoms with Crippen molar-refractivity contribution in [2.75, 3.05) is 25.2 Å². The van der Waals surface area contributed by atoms with E-state index in [1.165, 1.54) is 24.2 Å². The number of rotatable bonds is 4. The maximum Gasteiger partial charge on any atom is 0.287 e. The molecule has 1 unspecified atom stereocenters. The van der Waals surface area contributed by atoms with Crippen LogP contribution in [0.2, 0.25) is 0 Å². The molecule has 0 aromatic heterocycles. The first kappa shape index (κ1) is 16.0.